The molecule has 0 saturated carbocycles. The number of likely N-dealkylation sites (tertiary alicyclic amines) is 1. The Morgan fingerprint density at radius 2 is 1.47 bits per heavy atom. The van der Waals surface area contributed by atoms with Crippen LogP contribution in [0, 0.1) is 0 Å². The lowest BCUT2D eigenvalue weighted by atomic mass is 9.98. The van der Waals surface area contributed by atoms with E-state index in [4.69, 9.17) is 10.2 Å². The second-order valence-corrected chi connectivity index (χ2v) is 4.96. The van der Waals surface area contributed by atoms with Crippen LogP contribution in [0.25, 0.3) is 0 Å². The maximum absolute atomic E-state index is 12.3. The molecule has 1 rings (SSSR count). The average Bonchev–Trinajstić information content (AvgIpc) is 2.26. The van der Waals surface area contributed by atoms with Gasteiger partial charge in [0.05, 0.1) is 0 Å². The third-order valence-electron chi connectivity index (χ3n) is 3.34. The fourth-order valence-electron chi connectivity index (χ4n) is 2.48. The number of carbonyl (C=O) groups is 3. The molecule has 0 aromatic carbocycles. The monoisotopic (exact) mass is 272 g/mol. The quantitative estimate of drug-likeness (QED) is 0.790. The fourth-order valence-corrected chi connectivity index (χ4v) is 2.48. The summed E-state index contributed by atoms with van der Waals surface area (Å²) in [4.78, 5) is 36.2. The van der Waals surface area contributed by atoms with Crippen molar-refractivity contribution in [1.29, 1.82) is 0 Å². The topological polar surface area (TPSA) is 98.2 Å². The highest BCUT2D eigenvalue weighted by atomic mass is 16.4. The molecule has 0 radical (unpaired) electrons. The predicted octanol–water partition coefficient (Wildman–Crippen LogP) is 0.841. The second kappa shape index (κ2) is 6.40. The van der Waals surface area contributed by atoms with Crippen molar-refractivity contribution in [3.63, 3.8) is 0 Å². The summed E-state index contributed by atoms with van der Waals surface area (Å²) in [7, 11) is 0. The van der Waals surface area contributed by atoms with E-state index in [2.05, 4.69) is 0 Å². The number of hydrogen-bond donors (Lipinski definition) is 2. The maximum Gasteiger partial charge on any atom is 0.323 e. The van der Waals surface area contributed by atoms with Crippen molar-refractivity contribution in [2.45, 2.75) is 45.2 Å². The van der Waals surface area contributed by atoms with Gasteiger partial charge in [0.15, 0.2) is 0 Å². The number of carboxylic acids is 2. The van der Waals surface area contributed by atoms with Crippen molar-refractivity contribution >= 4 is 18.0 Å². The van der Waals surface area contributed by atoms with Gasteiger partial charge in [-0.2, -0.15) is 0 Å². The molecule has 0 spiro atoms. The summed E-state index contributed by atoms with van der Waals surface area (Å²) >= 11 is 0. The third-order valence-corrected chi connectivity index (χ3v) is 3.34. The number of nitrogens with zero attached hydrogens (tertiary/aromatic N) is 2. The Morgan fingerprint density at radius 1 is 1.05 bits per heavy atom. The number of aliphatic carboxylic acids is 2. The molecule has 2 atom stereocenters. The molecule has 1 aliphatic heterocycles. The van der Waals surface area contributed by atoms with Gasteiger partial charge >= 0.3 is 18.0 Å². The minimum Gasteiger partial charge on any atom is -0.480 e. The van der Waals surface area contributed by atoms with Gasteiger partial charge in [0.25, 0.3) is 0 Å². The van der Waals surface area contributed by atoms with Crippen molar-refractivity contribution in [1.82, 2.24) is 9.80 Å². The lowest BCUT2D eigenvalue weighted by Crippen LogP contribution is -2.55. The van der Waals surface area contributed by atoms with Gasteiger partial charge in [-0.25, -0.2) is 4.79 Å². The summed E-state index contributed by atoms with van der Waals surface area (Å²) in [5.41, 5.74) is 0. The number of carboxylic acid groups (broad SMARTS) is 2. The average molecular weight is 272 g/mol. The van der Waals surface area contributed by atoms with Crippen molar-refractivity contribution in [2.75, 3.05) is 13.1 Å². The minimum atomic E-state index is -1.22. The Bertz CT molecular complexity index is 345. The molecular formula is C12H20N2O5. The van der Waals surface area contributed by atoms with E-state index in [1.807, 2.05) is 13.8 Å². The predicted molar refractivity (Wildman–Crippen MR) is 66.9 cm³/mol. The molecule has 19 heavy (non-hydrogen) atoms. The first-order valence-corrected chi connectivity index (χ1v) is 6.33. The molecule has 2 N–H and O–H groups in total. The summed E-state index contributed by atoms with van der Waals surface area (Å²) in [6.07, 6.45) is 2.72. The molecule has 108 valence electrons. The van der Waals surface area contributed by atoms with Crippen LogP contribution < -0.4 is 0 Å². The number of carbonyl (C=O) groups excluding carboxylic acids is 1. The van der Waals surface area contributed by atoms with E-state index in [-0.39, 0.29) is 12.1 Å². The molecule has 7 nitrogen and oxygen atoms in total. The van der Waals surface area contributed by atoms with Gasteiger partial charge in [-0.3, -0.25) is 9.59 Å². The van der Waals surface area contributed by atoms with Gasteiger partial charge in [0, 0.05) is 12.1 Å². The normalized spacial score (nSPS) is 22.9. The first kappa shape index (κ1) is 15.3. The molecular weight excluding hydrogens is 252 g/mol. The van der Waals surface area contributed by atoms with E-state index in [0.717, 1.165) is 24.2 Å². The molecule has 0 unspecified atom stereocenters. The summed E-state index contributed by atoms with van der Waals surface area (Å²) in [6, 6.07) is -0.507. The zero-order valence-corrected chi connectivity index (χ0v) is 11.2. The molecule has 1 heterocycles. The van der Waals surface area contributed by atoms with Crippen molar-refractivity contribution in [2.24, 2.45) is 0 Å². The smallest absolute Gasteiger partial charge is 0.323 e. The van der Waals surface area contributed by atoms with Gasteiger partial charge in [-0.1, -0.05) is 0 Å². The van der Waals surface area contributed by atoms with Crippen LogP contribution in [-0.2, 0) is 9.59 Å². The molecule has 1 aliphatic rings. The van der Waals surface area contributed by atoms with E-state index < -0.39 is 31.1 Å². The molecule has 0 bridgehead atoms. The van der Waals surface area contributed by atoms with E-state index >= 15 is 0 Å². The van der Waals surface area contributed by atoms with Crippen LogP contribution >= 0.6 is 0 Å². The lowest BCUT2D eigenvalue weighted by Gasteiger charge is -2.41. The Hall–Kier alpha value is -1.79. The Labute approximate surface area is 111 Å². The highest BCUT2D eigenvalue weighted by molar-refractivity contribution is 5.84. The van der Waals surface area contributed by atoms with Crippen LogP contribution in [0.15, 0.2) is 0 Å². The first-order valence-electron chi connectivity index (χ1n) is 6.33. The Kier molecular flexibility index (Phi) is 5.14. The zero-order chi connectivity index (χ0) is 14.6. The number of rotatable bonds is 4. The summed E-state index contributed by atoms with van der Waals surface area (Å²) in [5.74, 6) is -2.43. The van der Waals surface area contributed by atoms with Crippen LogP contribution in [0.4, 0.5) is 4.79 Å². The molecule has 0 aliphatic carbocycles. The molecule has 7 heteroatoms. The molecule has 2 amide bonds. The second-order valence-electron chi connectivity index (χ2n) is 4.96. The van der Waals surface area contributed by atoms with Gasteiger partial charge in [-0.15, -0.1) is 0 Å². The maximum atomic E-state index is 12.3. The summed E-state index contributed by atoms with van der Waals surface area (Å²) in [5, 5.41) is 17.5. The van der Waals surface area contributed by atoms with Gasteiger partial charge in [0.2, 0.25) is 0 Å². The standard InChI is InChI=1S/C12H20N2O5/c1-8-4-3-5-9(2)14(8)12(19)13(6-10(15)16)7-11(17)18/h8-9H,3-7H2,1-2H3,(H,15,16)(H,17,18)/t8-,9+. The zero-order valence-electron chi connectivity index (χ0n) is 11.2. The molecule has 0 aromatic heterocycles. The fraction of sp³-hybridized carbons (Fsp3) is 0.750. The minimum absolute atomic E-state index is 0.00124. The van der Waals surface area contributed by atoms with Crippen LogP contribution in [-0.4, -0.2) is 63.2 Å². The van der Waals surface area contributed by atoms with Crippen LogP contribution in [0.3, 0.4) is 0 Å². The van der Waals surface area contributed by atoms with Crippen molar-refractivity contribution < 1.29 is 24.6 Å². The van der Waals surface area contributed by atoms with E-state index in [1.165, 1.54) is 0 Å². The van der Waals surface area contributed by atoms with Gasteiger partial charge < -0.3 is 20.0 Å². The number of piperidine rings is 1. The first-order chi connectivity index (χ1) is 8.82. The largest absolute Gasteiger partial charge is 0.480 e. The third kappa shape index (κ3) is 4.11. The van der Waals surface area contributed by atoms with Crippen molar-refractivity contribution in [3.05, 3.63) is 0 Å². The highest BCUT2D eigenvalue weighted by Gasteiger charge is 2.33. The summed E-state index contributed by atoms with van der Waals surface area (Å²) < 4.78 is 0. The number of amides is 2. The summed E-state index contributed by atoms with van der Waals surface area (Å²) in [6.45, 7) is 2.60. The van der Waals surface area contributed by atoms with Crippen LogP contribution in [0.2, 0.25) is 0 Å². The van der Waals surface area contributed by atoms with Crippen LogP contribution in [0.1, 0.15) is 33.1 Å². The van der Waals surface area contributed by atoms with E-state index in [9.17, 15) is 14.4 Å². The number of urea groups is 1. The van der Waals surface area contributed by atoms with Crippen LogP contribution in [0.5, 0.6) is 0 Å². The Morgan fingerprint density at radius 3 is 1.84 bits per heavy atom. The van der Waals surface area contributed by atoms with E-state index in [0.29, 0.717) is 0 Å². The SMILES string of the molecule is C[C@@H]1CCC[C@H](C)N1C(=O)N(CC(=O)O)CC(=O)O. The van der Waals surface area contributed by atoms with Gasteiger partial charge in [-0.05, 0) is 33.1 Å². The molecule has 1 saturated heterocycles. The number of hydrogen-bond acceptors (Lipinski definition) is 3. The highest BCUT2D eigenvalue weighted by Crippen LogP contribution is 2.23. The lowest BCUT2D eigenvalue weighted by molar-refractivity contribution is -0.141. The van der Waals surface area contributed by atoms with Gasteiger partial charge in [0.1, 0.15) is 13.1 Å². The van der Waals surface area contributed by atoms with Crippen molar-refractivity contribution in [3.8, 4) is 0 Å². The Balaban J connectivity index is 2.84. The molecule has 0 aromatic rings. The molecule has 1 fully saturated rings. The van der Waals surface area contributed by atoms with E-state index in [1.54, 1.807) is 4.90 Å².